The number of hydrogen-bond acceptors (Lipinski definition) is 3. The monoisotopic (exact) mass is 372 g/mol. The van der Waals surface area contributed by atoms with Gasteiger partial charge in [-0.3, -0.25) is 14.4 Å². The summed E-state index contributed by atoms with van der Waals surface area (Å²) in [5, 5.41) is 11.5. The molecule has 2 N–H and O–H groups in total. The number of hydrogen-bond donors (Lipinski definition) is 2. The predicted molar refractivity (Wildman–Crippen MR) is 84.9 cm³/mol. The minimum absolute atomic E-state index is 0.137. The molecule has 0 aromatic heterocycles. The molecule has 1 aliphatic rings. The second-order valence-electron chi connectivity index (χ2n) is 6.19. The molecule has 1 aliphatic heterocycles. The van der Waals surface area contributed by atoms with E-state index < -0.39 is 42.5 Å². The average molecular weight is 372 g/mol. The molecule has 1 aromatic rings. The first-order valence-corrected chi connectivity index (χ1v) is 8.07. The van der Waals surface area contributed by atoms with Crippen LogP contribution < -0.4 is 5.32 Å². The Morgan fingerprint density at radius 3 is 2.50 bits per heavy atom. The van der Waals surface area contributed by atoms with E-state index in [0.717, 1.165) is 0 Å². The van der Waals surface area contributed by atoms with E-state index in [0.29, 0.717) is 10.5 Å². The van der Waals surface area contributed by atoms with E-state index in [1.165, 1.54) is 0 Å². The Bertz CT molecular complexity index is 664. The van der Waals surface area contributed by atoms with E-state index in [9.17, 15) is 27.6 Å². The van der Waals surface area contributed by atoms with Crippen molar-refractivity contribution in [1.29, 1.82) is 0 Å². The second-order valence-corrected chi connectivity index (χ2v) is 6.19. The summed E-state index contributed by atoms with van der Waals surface area (Å²) >= 11 is 0. The van der Waals surface area contributed by atoms with Crippen molar-refractivity contribution in [1.82, 2.24) is 10.2 Å². The number of carboxylic acid groups (broad SMARTS) is 1. The molecule has 26 heavy (non-hydrogen) atoms. The summed E-state index contributed by atoms with van der Waals surface area (Å²) in [6, 6.07) is 8.10. The van der Waals surface area contributed by atoms with E-state index in [-0.39, 0.29) is 25.8 Å². The number of carbonyl (C=O) groups excluding carboxylic acids is 2. The van der Waals surface area contributed by atoms with Crippen LogP contribution in [0.5, 0.6) is 0 Å². The third kappa shape index (κ3) is 5.75. The van der Waals surface area contributed by atoms with Gasteiger partial charge in [0.15, 0.2) is 0 Å². The first kappa shape index (κ1) is 19.7. The number of nitrogens with one attached hydrogen (secondary N) is 1. The van der Waals surface area contributed by atoms with Gasteiger partial charge in [-0.2, -0.15) is 13.2 Å². The summed E-state index contributed by atoms with van der Waals surface area (Å²) in [5.74, 6) is -3.18. The van der Waals surface area contributed by atoms with Gasteiger partial charge in [0.2, 0.25) is 11.8 Å². The highest BCUT2D eigenvalue weighted by atomic mass is 19.4. The van der Waals surface area contributed by atoms with Gasteiger partial charge in [-0.1, -0.05) is 30.3 Å². The van der Waals surface area contributed by atoms with Gasteiger partial charge in [0, 0.05) is 19.4 Å². The fourth-order valence-electron chi connectivity index (χ4n) is 2.88. The molecule has 0 radical (unpaired) electrons. The van der Waals surface area contributed by atoms with Crippen LogP contribution in [0.2, 0.25) is 0 Å². The quantitative estimate of drug-likeness (QED) is 0.768. The van der Waals surface area contributed by atoms with Gasteiger partial charge in [0.25, 0.3) is 0 Å². The lowest BCUT2D eigenvalue weighted by Gasteiger charge is -2.21. The Hall–Kier alpha value is -2.58. The molecular formula is C17H19F3N2O4. The number of carboxylic acids is 1. The molecule has 1 fully saturated rings. The predicted octanol–water partition coefficient (Wildman–Crippen LogP) is 2.12. The van der Waals surface area contributed by atoms with Crippen molar-refractivity contribution in [2.24, 2.45) is 5.92 Å². The van der Waals surface area contributed by atoms with Gasteiger partial charge >= 0.3 is 12.1 Å². The maximum Gasteiger partial charge on any atom is 0.406 e. The Morgan fingerprint density at radius 2 is 1.92 bits per heavy atom. The highest BCUT2D eigenvalue weighted by Crippen LogP contribution is 2.25. The third-order valence-corrected chi connectivity index (χ3v) is 4.12. The van der Waals surface area contributed by atoms with Crippen molar-refractivity contribution in [2.45, 2.75) is 31.5 Å². The van der Waals surface area contributed by atoms with Crippen molar-refractivity contribution in [2.75, 3.05) is 13.1 Å². The highest BCUT2D eigenvalue weighted by molar-refractivity contribution is 5.89. The molecule has 2 amide bonds. The van der Waals surface area contributed by atoms with Crippen LogP contribution in [0, 0.1) is 5.92 Å². The number of carbonyl (C=O) groups is 3. The summed E-state index contributed by atoms with van der Waals surface area (Å²) in [6.45, 7) is -1.68. The Labute approximate surface area is 148 Å². The van der Waals surface area contributed by atoms with E-state index in [2.05, 4.69) is 5.32 Å². The van der Waals surface area contributed by atoms with Crippen molar-refractivity contribution in [3.8, 4) is 0 Å². The molecule has 142 valence electrons. The molecule has 0 bridgehead atoms. The van der Waals surface area contributed by atoms with Crippen molar-refractivity contribution < 1.29 is 32.7 Å². The average Bonchev–Trinajstić information content (AvgIpc) is 2.91. The molecular weight excluding hydrogens is 353 g/mol. The molecule has 1 aromatic carbocycles. The summed E-state index contributed by atoms with van der Waals surface area (Å²) in [5.41, 5.74) is 0.693. The van der Waals surface area contributed by atoms with E-state index in [4.69, 9.17) is 5.11 Å². The number of nitrogens with zero attached hydrogens (tertiary/aromatic N) is 1. The molecule has 1 heterocycles. The largest absolute Gasteiger partial charge is 0.481 e. The number of alkyl halides is 3. The van der Waals surface area contributed by atoms with Gasteiger partial charge in [-0.25, -0.2) is 0 Å². The molecule has 6 nitrogen and oxygen atoms in total. The van der Waals surface area contributed by atoms with Crippen LogP contribution in [0.25, 0.3) is 0 Å². The van der Waals surface area contributed by atoms with Crippen molar-refractivity contribution in [3.05, 3.63) is 35.9 Å². The summed E-state index contributed by atoms with van der Waals surface area (Å²) < 4.78 is 37.4. The van der Waals surface area contributed by atoms with Gasteiger partial charge in [0.05, 0.1) is 12.0 Å². The number of likely N-dealkylation sites (tertiary alicyclic amines) is 1. The molecule has 2 rings (SSSR count). The van der Waals surface area contributed by atoms with Crippen LogP contribution in [-0.4, -0.2) is 47.1 Å². The van der Waals surface area contributed by atoms with Gasteiger partial charge < -0.3 is 15.3 Å². The smallest absolute Gasteiger partial charge is 0.406 e. The lowest BCUT2D eigenvalue weighted by molar-refractivity contribution is -0.157. The Morgan fingerprint density at radius 1 is 1.27 bits per heavy atom. The van der Waals surface area contributed by atoms with Gasteiger partial charge in [0.1, 0.15) is 6.54 Å². The minimum atomic E-state index is -4.52. The topological polar surface area (TPSA) is 86.7 Å². The number of rotatable bonds is 7. The number of halogens is 3. The first-order valence-electron chi connectivity index (χ1n) is 8.07. The zero-order chi connectivity index (χ0) is 19.3. The zero-order valence-corrected chi connectivity index (χ0v) is 13.8. The summed E-state index contributed by atoms with van der Waals surface area (Å²) in [7, 11) is 0. The normalized spacial score (nSPS) is 18.7. The Balaban J connectivity index is 2.03. The molecule has 0 aliphatic carbocycles. The second kappa shape index (κ2) is 8.20. The van der Waals surface area contributed by atoms with E-state index in [1.54, 1.807) is 30.3 Å². The van der Waals surface area contributed by atoms with Crippen molar-refractivity contribution in [3.63, 3.8) is 0 Å². The molecule has 2 atom stereocenters. The van der Waals surface area contributed by atoms with Gasteiger partial charge in [-0.05, 0) is 12.0 Å². The number of benzene rings is 1. The maximum absolute atomic E-state index is 12.5. The maximum atomic E-state index is 12.5. The number of aliphatic carboxylic acids is 1. The van der Waals surface area contributed by atoms with Crippen LogP contribution >= 0.6 is 0 Å². The van der Waals surface area contributed by atoms with Crippen LogP contribution in [-0.2, 0) is 14.4 Å². The lowest BCUT2D eigenvalue weighted by atomic mass is 10.00. The molecule has 0 spiro atoms. The SMILES string of the molecule is O=C(O)CC[C@@H](NC(=O)[C@H]1CC(=O)N(CC(F)(F)F)C1)c1ccccc1. The third-order valence-electron chi connectivity index (χ3n) is 4.12. The van der Waals surface area contributed by atoms with Crippen LogP contribution in [0.4, 0.5) is 13.2 Å². The molecule has 1 saturated heterocycles. The fourth-order valence-corrected chi connectivity index (χ4v) is 2.88. The lowest BCUT2D eigenvalue weighted by Crippen LogP contribution is -2.38. The highest BCUT2D eigenvalue weighted by Gasteiger charge is 2.40. The van der Waals surface area contributed by atoms with Crippen LogP contribution in [0.15, 0.2) is 30.3 Å². The molecule has 0 saturated carbocycles. The molecule has 9 heteroatoms. The first-order chi connectivity index (χ1) is 12.2. The van der Waals surface area contributed by atoms with E-state index >= 15 is 0 Å². The standard InChI is InChI=1S/C17H19F3N2O4/c18-17(19,20)10-22-9-12(8-14(22)23)16(26)21-13(6-7-15(24)25)11-4-2-1-3-5-11/h1-5,12-13H,6-10H2,(H,21,26)(H,24,25)/t12-,13+/m0/s1. The zero-order valence-electron chi connectivity index (χ0n) is 13.8. The fraction of sp³-hybridized carbons (Fsp3) is 0.471. The summed E-state index contributed by atoms with van der Waals surface area (Å²) in [4.78, 5) is 35.6. The van der Waals surface area contributed by atoms with Crippen LogP contribution in [0.1, 0.15) is 30.9 Å². The Kier molecular flexibility index (Phi) is 6.23. The summed E-state index contributed by atoms with van der Waals surface area (Å²) in [6.07, 6.45) is -4.85. The van der Waals surface area contributed by atoms with E-state index in [1.807, 2.05) is 0 Å². The number of amides is 2. The molecule has 0 unspecified atom stereocenters. The van der Waals surface area contributed by atoms with Crippen LogP contribution in [0.3, 0.4) is 0 Å². The van der Waals surface area contributed by atoms with Crippen molar-refractivity contribution >= 4 is 17.8 Å². The minimum Gasteiger partial charge on any atom is -0.481 e. The van der Waals surface area contributed by atoms with Gasteiger partial charge in [-0.15, -0.1) is 0 Å².